The number of fused-ring (bicyclic) bond motifs is 12. The van der Waals surface area contributed by atoms with Crippen molar-refractivity contribution < 1.29 is 0 Å². The van der Waals surface area contributed by atoms with E-state index in [1.54, 1.807) is 0 Å². The lowest BCUT2D eigenvalue weighted by atomic mass is 10.0. The SMILES string of the molecule is C=C(N=C(N=C(N)c1ccccc1)c1ccc(-n2c3ccccc3c3cc(-n4c5ccccc5c5cc(-c6ccc7c(c6)c6ccccc6n7-c6ccccc6)ccc54)ccc32)c(-n2c3c(c4ccccc42)CCC=C3)c1)c1ccccc1. The average Bonchev–Trinajstić information content (AvgIpc) is 2.23. The molecule has 0 bridgehead atoms. The summed E-state index contributed by atoms with van der Waals surface area (Å²) in [4.78, 5) is 10.3. The van der Waals surface area contributed by atoms with Gasteiger partial charge in [-0.05, 0) is 138 Å². The van der Waals surface area contributed by atoms with Crippen LogP contribution in [-0.2, 0) is 6.42 Å². The zero-order chi connectivity index (χ0) is 55.1. The van der Waals surface area contributed by atoms with Gasteiger partial charge in [0, 0.05) is 65.9 Å². The van der Waals surface area contributed by atoms with Gasteiger partial charge in [0.05, 0.1) is 55.7 Å². The highest BCUT2D eigenvalue weighted by atomic mass is 15.1. The molecule has 1 aliphatic rings. The Balaban J connectivity index is 0.878. The van der Waals surface area contributed by atoms with Crippen molar-refractivity contribution in [1.29, 1.82) is 0 Å². The van der Waals surface area contributed by atoms with Crippen LogP contribution < -0.4 is 5.73 Å². The van der Waals surface area contributed by atoms with E-state index in [2.05, 4.69) is 237 Å². The number of amidine groups is 2. The molecule has 16 rings (SSSR count). The second-order valence-corrected chi connectivity index (χ2v) is 21.5. The molecule has 2 N–H and O–H groups in total. The molecule has 392 valence electrons. The molecule has 0 saturated heterocycles. The molecule has 7 heteroatoms. The van der Waals surface area contributed by atoms with Crippen molar-refractivity contribution in [3.8, 4) is 33.9 Å². The summed E-state index contributed by atoms with van der Waals surface area (Å²) >= 11 is 0. The Bertz CT molecular complexity index is 5220. The molecule has 0 atom stereocenters. The van der Waals surface area contributed by atoms with Crippen molar-refractivity contribution in [2.75, 3.05) is 0 Å². The maximum Gasteiger partial charge on any atom is 0.162 e. The van der Waals surface area contributed by atoms with Gasteiger partial charge in [0.25, 0.3) is 0 Å². The number of nitrogens with two attached hydrogens (primary N) is 1. The first-order valence-corrected chi connectivity index (χ1v) is 28.3. The Morgan fingerprint density at radius 3 is 1.47 bits per heavy atom. The minimum atomic E-state index is 0.367. The van der Waals surface area contributed by atoms with Gasteiger partial charge in [-0.25, -0.2) is 9.98 Å². The number of rotatable bonds is 9. The Hall–Kier alpha value is -11.0. The molecule has 0 fully saturated rings. The maximum atomic E-state index is 6.88. The standard InChI is InChI=1S/C76H53N7/c1-49(50-21-5-2-6-22-50)78-76(79-75(77)51-23-7-3-8-24-51)54-39-43-73(74(47-54)83-67-34-18-11-27-57(67)58-28-12-19-35-68(58)83)82-69-36-20-15-31-61(69)64-48-56(40-44-72(64)82)81-66-33-17-14-30-60(66)63-46-53(38-42-71(63)81)52-37-41-70-62(45-52)59-29-13-16-32-65(59)80(70)55-25-9-4-10-26-55/h2-11,13-27,29-48H,1,12,28H2,(H2,77,78,79). The predicted molar refractivity (Wildman–Crippen MR) is 348 cm³/mol. The third-order valence-corrected chi connectivity index (χ3v) is 16.8. The van der Waals surface area contributed by atoms with E-state index >= 15 is 0 Å². The van der Waals surface area contributed by atoms with Crippen LogP contribution in [0.2, 0.25) is 0 Å². The molecular formula is C76H53N7. The molecule has 1 aliphatic carbocycles. The van der Waals surface area contributed by atoms with Crippen molar-refractivity contribution in [2.45, 2.75) is 12.8 Å². The Labute approximate surface area is 479 Å². The van der Waals surface area contributed by atoms with E-state index in [1.807, 2.05) is 60.7 Å². The summed E-state index contributed by atoms with van der Waals surface area (Å²) in [5.41, 5.74) is 27.1. The summed E-state index contributed by atoms with van der Waals surface area (Å²) in [6.45, 7) is 4.45. The second-order valence-electron chi connectivity index (χ2n) is 21.5. The zero-order valence-corrected chi connectivity index (χ0v) is 45.4. The van der Waals surface area contributed by atoms with Crippen molar-refractivity contribution in [2.24, 2.45) is 15.7 Å². The quantitative estimate of drug-likeness (QED) is 0.114. The molecule has 4 heterocycles. The van der Waals surface area contributed by atoms with Crippen molar-refractivity contribution in [3.05, 3.63) is 301 Å². The first-order chi connectivity index (χ1) is 41.0. The molecule has 4 aromatic heterocycles. The van der Waals surface area contributed by atoms with Crippen LogP contribution in [0.1, 0.15) is 34.4 Å². The fraction of sp³-hybridized carbons (Fsp3) is 0.0263. The lowest BCUT2D eigenvalue weighted by molar-refractivity contribution is 0.962. The Morgan fingerprint density at radius 1 is 0.361 bits per heavy atom. The van der Waals surface area contributed by atoms with Crippen LogP contribution in [0.5, 0.6) is 0 Å². The number of aromatic nitrogens is 4. The Morgan fingerprint density at radius 2 is 0.843 bits per heavy atom. The molecule has 0 radical (unpaired) electrons. The van der Waals surface area contributed by atoms with Crippen LogP contribution in [-0.4, -0.2) is 29.9 Å². The number of hydrogen-bond donors (Lipinski definition) is 1. The van der Waals surface area contributed by atoms with E-state index in [0.717, 1.165) is 90.6 Å². The largest absolute Gasteiger partial charge is 0.383 e. The number of hydrogen-bond acceptors (Lipinski definition) is 1. The lowest BCUT2D eigenvalue weighted by Gasteiger charge is -2.20. The molecule has 0 spiro atoms. The summed E-state index contributed by atoms with van der Waals surface area (Å²) in [6.07, 6.45) is 6.53. The summed E-state index contributed by atoms with van der Waals surface area (Å²) in [5, 5.41) is 8.45. The van der Waals surface area contributed by atoms with Crippen LogP contribution >= 0.6 is 0 Å². The van der Waals surface area contributed by atoms with E-state index in [4.69, 9.17) is 15.7 Å². The van der Waals surface area contributed by atoms with E-state index in [9.17, 15) is 0 Å². The minimum Gasteiger partial charge on any atom is -0.383 e. The first kappa shape index (κ1) is 47.9. The topological polar surface area (TPSA) is 70.5 Å². The number of aryl methyl sites for hydroxylation is 1. The van der Waals surface area contributed by atoms with Gasteiger partial charge >= 0.3 is 0 Å². The predicted octanol–water partition coefficient (Wildman–Crippen LogP) is 18.4. The smallest absolute Gasteiger partial charge is 0.162 e. The summed E-state index contributed by atoms with van der Waals surface area (Å²) in [7, 11) is 0. The van der Waals surface area contributed by atoms with Crippen molar-refractivity contribution in [1.82, 2.24) is 18.3 Å². The maximum absolute atomic E-state index is 6.88. The highest BCUT2D eigenvalue weighted by molar-refractivity contribution is 6.16. The number of benzene rings is 11. The molecule has 0 unspecified atom stereocenters. The van der Waals surface area contributed by atoms with E-state index in [0.29, 0.717) is 17.4 Å². The third-order valence-electron chi connectivity index (χ3n) is 16.8. The molecule has 15 aromatic rings. The molecule has 83 heavy (non-hydrogen) atoms. The van der Waals surface area contributed by atoms with Crippen molar-refractivity contribution in [3.63, 3.8) is 0 Å². The fourth-order valence-corrected chi connectivity index (χ4v) is 13.0. The van der Waals surface area contributed by atoms with Gasteiger partial charge in [-0.15, -0.1) is 0 Å². The molecule has 7 nitrogen and oxygen atoms in total. The Kier molecular flexibility index (Phi) is 11.2. The minimum absolute atomic E-state index is 0.367. The van der Waals surface area contributed by atoms with Gasteiger partial charge in [0.1, 0.15) is 5.84 Å². The number of allylic oxidation sites excluding steroid dienone is 1. The monoisotopic (exact) mass is 1060 g/mol. The van der Waals surface area contributed by atoms with Crippen LogP contribution in [0.15, 0.2) is 283 Å². The van der Waals surface area contributed by atoms with E-state index < -0.39 is 0 Å². The highest BCUT2D eigenvalue weighted by Gasteiger charge is 2.25. The van der Waals surface area contributed by atoms with Gasteiger partial charge in [-0.2, -0.15) is 0 Å². The summed E-state index contributed by atoms with van der Waals surface area (Å²) in [5.74, 6) is 0.832. The van der Waals surface area contributed by atoms with Crippen LogP contribution in [0.25, 0.3) is 122 Å². The van der Waals surface area contributed by atoms with E-state index in [-0.39, 0.29) is 0 Å². The second kappa shape index (κ2) is 19.4. The number of para-hydroxylation sites is 5. The summed E-state index contributed by atoms with van der Waals surface area (Å²) in [6, 6.07) is 93.2. The van der Waals surface area contributed by atoms with Gasteiger partial charge in [-0.1, -0.05) is 176 Å². The van der Waals surface area contributed by atoms with Gasteiger partial charge in [-0.3, -0.25) is 0 Å². The molecule has 11 aromatic carbocycles. The average molecular weight is 1060 g/mol. The van der Waals surface area contributed by atoms with Crippen LogP contribution in [0.3, 0.4) is 0 Å². The molecular weight excluding hydrogens is 1010 g/mol. The zero-order valence-electron chi connectivity index (χ0n) is 45.4. The van der Waals surface area contributed by atoms with E-state index in [1.165, 1.54) is 60.3 Å². The summed E-state index contributed by atoms with van der Waals surface area (Å²) < 4.78 is 9.69. The first-order valence-electron chi connectivity index (χ1n) is 28.3. The fourth-order valence-electron chi connectivity index (χ4n) is 13.0. The van der Waals surface area contributed by atoms with Gasteiger partial charge in [0.2, 0.25) is 0 Å². The molecule has 0 amide bonds. The van der Waals surface area contributed by atoms with Crippen molar-refractivity contribution >= 4 is 99.8 Å². The van der Waals surface area contributed by atoms with Crippen LogP contribution in [0.4, 0.5) is 0 Å². The number of nitrogens with zero attached hydrogens (tertiary/aromatic N) is 6. The number of aliphatic imine (C=N–C) groups is 2. The van der Waals surface area contributed by atoms with Gasteiger partial charge < -0.3 is 24.0 Å². The lowest BCUT2D eigenvalue weighted by Crippen LogP contribution is -2.16. The normalized spacial score (nSPS) is 12.9. The molecule has 0 aliphatic heterocycles. The highest BCUT2D eigenvalue weighted by Crippen LogP contribution is 2.43. The third kappa shape index (κ3) is 7.81. The molecule has 0 saturated carbocycles. The van der Waals surface area contributed by atoms with Crippen LogP contribution in [0, 0.1) is 0 Å². The van der Waals surface area contributed by atoms with Gasteiger partial charge in [0.15, 0.2) is 5.84 Å².